The molecular formula is C7H9N3O2. The molecule has 0 aliphatic rings. The molecular weight excluding hydrogens is 158 g/mol. The van der Waals surface area contributed by atoms with Crippen molar-refractivity contribution in [2.75, 3.05) is 12.1 Å². The molecule has 0 saturated heterocycles. The molecule has 0 saturated carbocycles. The van der Waals surface area contributed by atoms with Crippen LogP contribution in [0.1, 0.15) is 5.56 Å². The number of aliphatic hydroxyl groups excluding tert-OH is 1. The number of aliphatic hydroxyl groups is 1. The number of nitroso groups, excluding NO2 is 1. The molecule has 1 rings (SSSR count). The molecule has 0 unspecified atom stereocenters. The first-order chi connectivity index (χ1) is 5.79. The maximum Gasteiger partial charge on any atom is 0.156 e. The summed E-state index contributed by atoms with van der Waals surface area (Å²) in [5.41, 5.74) is 0.583. The third-order valence-corrected chi connectivity index (χ3v) is 1.47. The Balaban J connectivity index is 3.04. The van der Waals surface area contributed by atoms with Gasteiger partial charge in [-0.1, -0.05) is 6.07 Å². The van der Waals surface area contributed by atoms with Crippen molar-refractivity contribution in [1.82, 2.24) is 4.98 Å². The Morgan fingerprint density at radius 1 is 1.75 bits per heavy atom. The zero-order valence-electron chi connectivity index (χ0n) is 6.64. The zero-order valence-corrected chi connectivity index (χ0v) is 6.64. The van der Waals surface area contributed by atoms with Crippen molar-refractivity contribution in [2.45, 2.75) is 6.61 Å². The third-order valence-electron chi connectivity index (χ3n) is 1.47. The number of nitrogens with zero attached hydrogens (tertiary/aromatic N) is 3. The van der Waals surface area contributed by atoms with Gasteiger partial charge in [0.15, 0.2) is 5.82 Å². The topological polar surface area (TPSA) is 65.8 Å². The first kappa shape index (κ1) is 8.61. The summed E-state index contributed by atoms with van der Waals surface area (Å²) >= 11 is 0. The normalized spacial score (nSPS) is 9.50. The SMILES string of the molecule is CN(N=O)c1ncccc1CO. The van der Waals surface area contributed by atoms with E-state index >= 15 is 0 Å². The fourth-order valence-electron chi connectivity index (χ4n) is 0.884. The van der Waals surface area contributed by atoms with Gasteiger partial charge in [0.1, 0.15) is 0 Å². The van der Waals surface area contributed by atoms with Gasteiger partial charge in [0, 0.05) is 18.8 Å². The molecule has 5 heteroatoms. The van der Waals surface area contributed by atoms with Crippen molar-refractivity contribution >= 4 is 5.82 Å². The highest BCUT2D eigenvalue weighted by Crippen LogP contribution is 2.14. The maximum atomic E-state index is 10.1. The molecule has 0 aliphatic heterocycles. The fourth-order valence-corrected chi connectivity index (χ4v) is 0.884. The third kappa shape index (κ3) is 1.57. The molecule has 0 aliphatic carbocycles. The smallest absolute Gasteiger partial charge is 0.156 e. The molecule has 0 atom stereocenters. The highest BCUT2D eigenvalue weighted by atomic mass is 16.3. The highest BCUT2D eigenvalue weighted by molar-refractivity contribution is 5.44. The molecule has 64 valence electrons. The van der Waals surface area contributed by atoms with E-state index in [4.69, 9.17) is 5.11 Å². The van der Waals surface area contributed by atoms with Crippen LogP contribution in [-0.2, 0) is 6.61 Å². The van der Waals surface area contributed by atoms with Crippen molar-refractivity contribution < 1.29 is 5.11 Å². The molecule has 0 amide bonds. The van der Waals surface area contributed by atoms with Gasteiger partial charge in [-0.2, -0.15) is 0 Å². The molecule has 0 radical (unpaired) electrons. The average molecular weight is 167 g/mol. The molecule has 0 spiro atoms. The maximum absolute atomic E-state index is 10.1. The van der Waals surface area contributed by atoms with Crippen LogP contribution in [0.5, 0.6) is 0 Å². The first-order valence-corrected chi connectivity index (χ1v) is 3.41. The van der Waals surface area contributed by atoms with Gasteiger partial charge >= 0.3 is 0 Å². The Morgan fingerprint density at radius 3 is 3.08 bits per heavy atom. The van der Waals surface area contributed by atoms with E-state index in [1.807, 2.05) is 0 Å². The van der Waals surface area contributed by atoms with Crippen molar-refractivity contribution in [3.63, 3.8) is 0 Å². The molecule has 0 bridgehead atoms. The minimum absolute atomic E-state index is 0.150. The van der Waals surface area contributed by atoms with Crippen LogP contribution in [0.3, 0.4) is 0 Å². The van der Waals surface area contributed by atoms with Crippen molar-refractivity contribution in [3.05, 3.63) is 28.8 Å². The quantitative estimate of drug-likeness (QED) is 0.531. The van der Waals surface area contributed by atoms with Crippen LogP contribution < -0.4 is 5.01 Å². The molecule has 1 aromatic rings. The minimum atomic E-state index is -0.150. The highest BCUT2D eigenvalue weighted by Gasteiger charge is 2.06. The van der Waals surface area contributed by atoms with Crippen LogP contribution in [0.25, 0.3) is 0 Å². The molecule has 5 nitrogen and oxygen atoms in total. The van der Waals surface area contributed by atoms with Crippen LogP contribution in [0, 0.1) is 4.91 Å². The predicted octanol–water partition coefficient (Wildman–Crippen LogP) is 0.692. The van der Waals surface area contributed by atoms with E-state index in [0.717, 1.165) is 5.01 Å². The van der Waals surface area contributed by atoms with Crippen molar-refractivity contribution in [3.8, 4) is 0 Å². The summed E-state index contributed by atoms with van der Waals surface area (Å²) < 4.78 is 0. The monoisotopic (exact) mass is 167 g/mol. The molecule has 1 N–H and O–H groups in total. The number of pyridine rings is 1. The molecule has 12 heavy (non-hydrogen) atoms. The summed E-state index contributed by atoms with van der Waals surface area (Å²) in [6.45, 7) is -0.150. The standard InChI is InChI=1S/C7H9N3O2/c1-10(9-12)7-6(5-11)3-2-4-8-7/h2-4,11H,5H2,1H3. The number of rotatable bonds is 3. The van der Waals surface area contributed by atoms with E-state index in [0.29, 0.717) is 11.4 Å². The van der Waals surface area contributed by atoms with E-state index in [1.165, 1.54) is 13.2 Å². The van der Waals surface area contributed by atoms with Gasteiger partial charge in [0.25, 0.3) is 0 Å². The lowest BCUT2D eigenvalue weighted by Crippen LogP contribution is -2.11. The van der Waals surface area contributed by atoms with Crippen LogP contribution in [0.4, 0.5) is 5.82 Å². The van der Waals surface area contributed by atoms with Crippen LogP contribution >= 0.6 is 0 Å². The van der Waals surface area contributed by atoms with E-state index in [-0.39, 0.29) is 6.61 Å². The van der Waals surface area contributed by atoms with Gasteiger partial charge in [-0.3, -0.25) is 0 Å². The lowest BCUT2D eigenvalue weighted by atomic mass is 10.3. The summed E-state index contributed by atoms with van der Waals surface area (Å²) in [5.74, 6) is 0.384. The van der Waals surface area contributed by atoms with Crippen LogP contribution in [-0.4, -0.2) is 17.1 Å². The molecule has 1 aromatic heterocycles. The van der Waals surface area contributed by atoms with Gasteiger partial charge < -0.3 is 5.11 Å². The second kappa shape index (κ2) is 3.77. The molecule has 0 fully saturated rings. The van der Waals surface area contributed by atoms with Crippen molar-refractivity contribution in [2.24, 2.45) is 5.29 Å². The Bertz CT molecular complexity index is 277. The number of hydrogen-bond donors (Lipinski definition) is 1. The van der Waals surface area contributed by atoms with E-state index in [2.05, 4.69) is 10.3 Å². The lowest BCUT2D eigenvalue weighted by Gasteiger charge is -2.10. The summed E-state index contributed by atoms with van der Waals surface area (Å²) in [4.78, 5) is 14.0. The largest absolute Gasteiger partial charge is 0.392 e. The summed E-state index contributed by atoms with van der Waals surface area (Å²) in [6.07, 6.45) is 1.54. The Labute approximate surface area is 69.6 Å². The van der Waals surface area contributed by atoms with Crippen molar-refractivity contribution in [1.29, 1.82) is 0 Å². The number of hydrogen-bond acceptors (Lipinski definition) is 4. The fraction of sp³-hybridized carbons (Fsp3) is 0.286. The van der Waals surface area contributed by atoms with Gasteiger partial charge in [0.2, 0.25) is 0 Å². The minimum Gasteiger partial charge on any atom is -0.392 e. The van der Waals surface area contributed by atoms with Gasteiger partial charge in [-0.25, -0.2) is 9.99 Å². The number of anilines is 1. The lowest BCUT2D eigenvalue weighted by molar-refractivity contribution is 0.281. The van der Waals surface area contributed by atoms with E-state index < -0.39 is 0 Å². The zero-order chi connectivity index (χ0) is 8.97. The summed E-state index contributed by atoms with van der Waals surface area (Å²) in [7, 11) is 1.48. The average Bonchev–Trinajstić information content (AvgIpc) is 2.16. The molecule has 0 aromatic carbocycles. The Hall–Kier alpha value is -1.49. The van der Waals surface area contributed by atoms with Crippen LogP contribution in [0.2, 0.25) is 0 Å². The van der Waals surface area contributed by atoms with Crippen LogP contribution in [0.15, 0.2) is 23.6 Å². The Kier molecular flexibility index (Phi) is 2.71. The van der Waals surface area contributed by atoms with Gasteiger partial charge in [0.05, 0.1) is 11.9 Å². The predicted molar refractivity (Wildman–Crippen MR) is 44.4 cm³/mol. The first-order valence-electron chi connectivity index (χ1n) is 3.41. The number of aromatic nitrogens is 1. The van der Waals surface area contributed by atoms with Gasteiger partial charge in [-0.05, 0) is 6.07 Å². The molecule has 1 heterocycles. The summed E-state index contributed by atoms with van der Waals surface area (Å²) in [5, 5.41) is 12.6. The Morgan fingerprint density at radius 2 is 2.50 bits per heavy atom. The van der Waals surface area contributed by atoms with E-state index in [1.54, 1.807) is 12.1 Å². The summed E-state index contributed by atoms with van der Waals surface area (Å²) in [6, 6.07) is 3.37. The second-order valence-electron chi connectivity index (χ2n) is 2.25. The van der Waals surface area contributed by atoms with Gasteiger partial charge in [-0.15, -0.1) is 4.91 Å². The van der Waals surface area contributed by atoms with E-state index in [9.17, 15) is 4.91 Å². The second-order valence-corrected chi connectivity index (χ2v) is 2.25.